The van der Waals surface area contributed by atoms with Crippen molar-refractivity contribution in [3.8, 4) is 17.6 Å². The highest BCUT2D eigenvalue weighted by Gasteiger charge is 2.30. The van der Waals surface area contributed by atoms with Crippen molar-refractivity contribution in [3.05, 3.63) is 65.2 Å². The van der Waals surface area contributed by atoms with Crippen LogP contribution >= 0.6 is 0 Å². The maximum absolute atomic E-state index is 12.8. The third-order valence-corrected chi connectivity index (χ3v) is 3.84. The fourth-order valence-corrected chi connectivity index (χ4v) is 2.35. The van der Waals surface area contributed by atoms with E-state index >= 15 is 0 Å². The molecule has 2 aromatic rings. The van der Waals surface area contributed by atoms with Crippen molar-refractivity contribution in [2.24, 2.45) is 0 Å². The van der Waals surface area contributed by atoms with Gasteiger partial charge >= 0.3 is 6.18 Å². The monoisotopic (exact) mass is 372 g/mol. The van der Waals surface area contributed by atoms with Crippen molar-refractivity contribution in [2.45, 2.75) is 25.1 Å². The largest absolute Gasteiger partial charge is 0.457 e. The molecule has 0 aromatic heterocycles. The highest BCUT2D eigenvalue weighted by molar-refractivity contribution is 6.02. The SMILES string of the molecule is N#CC(=Cc1cccc(Oc2cccc(C(F)(F)F)c2)c1)C(=O)NC1CC1. The molecule has 0 bridgehead atoms. The first-order valence-corrected chi connectivity index (χ1v) is 8.23. The van der Waals surface area contributed by atoms with Gasteiger partial charge in [-0.3, -0.25) is 4.79 Å². The number of nitrogens with one attached hydrogen (secondary N) is 1. The lowest BCUT2D eigenvalue weighted by molar-refractivity contribution is -0.137. The molecule has 27 heavy (non-hydrogen) atoms. The van der Waals surface area contributed by atoms with Gasteiger partial charge in [0.15, 0.2) is 0 Å². The van der Waals surface area contributed by atoms with Crippen LogP contribution in [0.25, 0.3) is 6.08 Å². The van der Waals surface area contributed by atoms with Crippen LogP contribution < -0.4 is 10.1 Å². The van der Waals surface area contributed by atoms with E-state index in [4.69, 9.17) is 4.74 Å². The zero-order valence-corrected chi connectivity index (χ0v) is 14.1. The smallest absolute Gasteiger partial charge is 0.416 e. The third kappa shape index (κ3) is 5.11. The predicted molar refractivity (Wildman–Crippen MR) is 92.7 cm³/mol. The van der Waals surface area contributed by atoms with Crippen LogP contribution in [0.5, 0.6) is 11.5 Å². The second-order valence-corrected chi connectivity index (χ2v) is 6.12. The molecule has 2 aromatic carbocycles. The molecule has 0 aliphatic heterocycles. The quantitative estimate of drug-likeness (QED) is 0.612. The van der Waals surface area contributed by atoms with Gasteiger partial charge in [-0.15, -0.1) is 0 Å². The van der Waals surface area contributed by atoms with Gasteiger partial charge < -0.3 is 10.1 Å². The molecule has 1 aliphatic carbocycles. The van der Waals surface area contributed by atoms with Crippen molar-refractivity contribution >= 4 is 12.0 Å². The Kier molecular flexibility index (Phi) is 5.17. The molecule has 0 saturated heterocycles. The van der Waals surface area contributed by atoms with Crippen molar-refractivity contribution in [1.29, 1.82) is 5.26 Å². The summed E-state index contributed by atoms with van der Waals surface area (Å²) in [7, 11) is 0. The number of nitrogens with zero attached hydrogens (tertiary/aromatic N) is 1. The topological polar surface area (TPSA) is 62.1 Å². The number of benzene rings is 2. The summed E-state index contributed by atoms with van der Waals surface area (Å²) in [6.45, 7) is 0. The first-order valence-electron chi connectivity index (χ1n) is 8.23. The number of carbonyl (C=O) groups is 1. The lowest BCUT2D eigenvalue weighted by Crippen LogP contribution is -2.26. The number of hydrogen-bond acceptors (Lipinski definition) is 3. The zero-order valence-electron chi connectivity index (χ0n) is 14.1. The van der Waals surface area contributed by atoms with E-state index in [-0.39, 0.29) is 17.4 Å². The average Bonchev–Trinajstić information content (AvgIpc) is 3.43. The molecule has 0 heterocycles. The molecule has 0 radical (unpaired) electrons. The van der Waals surface area contributed by atoms with E-state index in [0.29, 0.717) is 11.3 Å². The lowest BCUT2D eigenvalue weighted by Gasteiger charge is -2.10. The first-order chi connectivity index (χ1) is 12.8. The molecule has 0 atom stereocenters. The Morgan fingerprint density at radius 2 is 1.81 bits per heavy atom. The summed E-state index contributed by atoms with van der Waals surface area (Å²) in [5, 5.41) is 11.9. The summed E-state index contributed by atoms with van der Waals surface area (Å²) in [5.41, 5.74) is -0.320. The molecule has 0 unspecified atom stereocenters. The van der Waals surface area contributed by atoms with E-state index in [2.05, 4.69) is 5.32 Å². The standard InChI is InChI=1S/C20H15F3N2O2/c21-20(22,23)15-4-2-6-18(11-15)27-17-5-1-3-13(10-17)9-14(12-24)19(26)25-16-7-8-16/h1-6,9-11,16H,7-8H2,(H,25,26). The van der Waals surface area contributed by atoms with Gasteiger partial charge in [-0.1, -0.05) is 18.2 Å². The molecule has 1 N–H and O–H groups in total. The Bertz CT molecular complexity index is 925. The molecule has 3 rings (SSSR count). The van der Waals surface area contributed by atoms with Crippen LogP contribution in [0.3, 0.4) is 0 Å². The van der Waals surface area contributed by atoms with Crippen LogP contribution in [0.2, 0.25) is 0 Å². The van der Waals surface area contributed by atoms with Gasteiger partial charge in [0, 0.05) is 6.04 Å². The van der Waals surface area contributed by atoms with Crippen LogP contribution in [-0.2, 0) is 11.0 Å². The van der Waals surface area contributed by atoms with Gasteiger partial charge in [0.05, 0.1) is 5.56 Å². The van der Waals surface area contributed by atoms with Gasteiger partial charge in [-0.25, -0.2) is 0 Å². The van der Waals surface area contributed by atoms with Gasteiger partial charge in [-0.2, -0.15) is 18.4 Å². The van der Waals surface area contributed by atoms with Crippen LogP contribution in [-0.4, -0.2) is 11.9 Å². The van der Waals surface area contributed by atoms with E-state index in [9.17, 15) is 23.2 Å². The Morgan fingerprint density at radius 3 is 2.44 bits per heavy atom. The Morgan fingerprint density at radius 1 is 1.15 bits per heavy atom. The number of carbonyl (C=O) groups excluding carboxylic acids is 1. The van der Waals surface area contributed by atoms with Crippen LogP contribution in [0.1, 0.15) is 24.0 Å². The number of hydrogen-bond donors (Lipinski definition) is 1. The van der Waals surface area contributed by atoms with Crippen LogP contribution in [0, 0.1) is 11.3 Å². The fourth-order valence-electron chi connectivity index (χ4n) is 2.35. The van der Waals surface area contributed by atoms with E-state index < -0.39 is 17.6 Å². The van der Waals surface area contributed by atoms with Crippen molar-refractivity contribution in [3.63, 3.8) is 0 Å². The summed E-state index contributed by atoms with van der Waals surface area (Å²) in [6.07, 6.45) is -1.23. The minimum atomic E-state index is -4.46. The Balaban J connectivity index is 1.78. The maximum Gasteiger partial charge on any atom is 0.416 e. The molecule has 1 aliphatic rings. The second kappa shape index (κ2) is 7.54. The molecule has 0 spiro atoms. The van der Waals surface area contributed by atoms with E-state index in [0.717, 1.165) is 25.0 Å². The highest BCUT2D eigenvalue weighted by atomic mass is 19.4. The number of alkyl halides is 3. The maximum atomic E-state index is 12.8. The lowest BCUT2D eigenvalue weighted by atomic mass is 10.1. The second-order valence-electron chi connectivity index (χ2n) is 6.12. The average molecular weight is 372 g/mol. The summed E-state index contributed by atoms with van der Waals surface area (Å²) >= 11 is 0. The number of amides is 1. The number of halogens is 3. The Labute approximate surface area is 153 Å². The third-order valence-electron chi connectivity index (χ3n) is 3.84. The van der Waals surface area contributed by atoms with Crippen molar-refractivity contribution in [2.75, 3.05) is 0 Å². The van der Waals surface area contributed by atoms with Crippen molar-refractivity contribution < 1.29 is 22.7 Å². The minimum Gasteiger partial charge on any atom is -0.457 e. The molecule has 138 valence electrons. The van der Waals surface area contributed by atoms with Gasteiger partial charge in [-0.05, 0) is 54.8 Å². The summed E-state index contributed by atoms with van der Waals surface area (Å²) < 4.78 is 43.9. The van der Waals surface area contributed by atoms with E-state index in [1.807, 2.05) is 6.07 Å². The number of ether oxygens (including phenoxy) is 1. The fraction of sp³-hybridized carbons (Fsp3) is 0.200. The van der Waals surface area contributed by atoms with Gasteiger partial charge in [0.25, 0.3) is 5.91 Å². The van der Waals surface area contributed by atoms with Crippen LogP contribution in [0.4, 0.5) is 13.2 Å². The molecular formula is C20H15F3N2O2. The normalized spacial score (nSPS) is 14.4. The summed E-state index contributed by atoms with van der Waals surface area (Å²) in [4.78, 5) is 12.0. The molecule has 1 amide bonds. The molecule has 4 nitrogen and oxygen atoms in total. The van der Waals surface area contributed by atoms with Crippen molar-refractivity contribution in [1.82, 2.24) is 5.32 Å². The van der Waals surface area contributed by atoms with Crippen LogP contribution in [0.15, 0.2) is 54.1 Å². The number of rotatable bonds is 5. The molecular weight excluding hydrogens is 357 g/mol. The van der Waals surface area contributed by atoms with Gasteiger partial charge in [0.1, 0.15) is 23.1 Å². The Hall–Kier alpha value is -3.27. The molecule has 7 heteroatoms. The zero-order chi connectivity index (χ0) is 19.4. The summed E-state index contributed by atoms with van der Waals surface area (Å²) in [6, 6.07) is 13.0. The highest BCUT2D eigenvalue weighted by Crippen LogP contribution is 2.33. The first kappa shape index (κ1) is 18.5. The summed E-state index contributed by atoms with van der Waals surface area (Å²) in [5.74, 6) is -0.106. The predicted octanol–water partition coefficient (Wildman–Crippen LogP) is 4.68. The van der Waals surface area contributed by atoms with Gasteiger partial charge in [0.2, 0.25) is 0 Å². The van der Waals surface area contributed by atoms with E-state index in [1.165, 1.54) is 18.2 Å². The molecule has 1 fully saturated rings. The molecule has 1 saturated carbocycles. The minimum absolute atomic E-state index is 0.0398. The number of nitriles is 1. The van der Waals surface area contributed by atoms with E-state index in [1.54, 1.807) is 24.3 Å².